The molecule has 1 aromatic heterocycles. The Hall–Kier alpha value is -1.97. The zero-order chi connectivity index (χ0) is 13.6. The zero-order valence-electron chi connectivity index (χ0n) is 10.3. The quantitative estimate of drug-likeness (QED) is 0.612. The van der Waals surface area contributed by atoms with E-state index in [1.54, 1.807) is 18.2 Å². The Labute approximate surface area is 108 Å². The average molecular weight is 263 g/mol. The maximum Gasteiger partial charge on any atom is 0.393 e. The monoisotopic (exact) mass is 263 g/mol. The second-order valence-electron chi connectivity index (χ2n) is 4.72. The molecule has 0 fully saturated rings. The number of benzene rings is 2. The summed E-state index contributed by atoms with van der Waals surface area (Å²) in [5, 5.41) is 1.86. The zero-order valence-corrected chi connectivity index (χ0v) is 10.3. The number of fused-ring (bicyclic) bond motifs is 3. The molecule has 2 aromatic carbocycles. The van der Waals surface area contributed by atoms with Crippen LogP contribution >= 0.6 is 0 Å². The van der Waals surface area contributed by atoms with Gasteiger partial charge in [0.1, 0.15) is 0 Å². The molecule has 1 nitrogen and oxygen atoms in total. The first kappa shape index (κ1) is 12.1. The van der Waals surface area contributed by atoms with Crippen molar-refractivity contribution < 1.29 is 13.2 Å². The van der Waals surface area contributed by atoms with Crippen LogP contribution in [-0.4, -0.2) is 10.7 Å². The highest BCUT2D eigenvalue weighted by Crippen LogP contribution is 2.30. The highest BCUT2D eigenvalue weighted by atomic mass is 19.4. The second-order valence-corrected chi connectivity index (χ2v) is 4.72. The fourth-order valence-electron chi connectivity index (χ4n) is 2.56. The average Bonchev–Trinajstić information content (AvgIpc) is 2.62. The molecular weight excluding hydrogens is 251 g/mol. The van der Waals surface area contributed by atoms with E-state index in [-0.39, 0.29) is 0 Å². The molecule has 0 unspecified atom stereocenters. The molecule has 19 heavy (non-hydrogen) atoms. The van der Waals surface area contributed by atoms with Crippen LogP contribution in [0.3, 0.4) is 0 Å². The van der Waals surface area contributed by atoms with Crippen LogP contribution < -0.4 is 0 Å². The topological polar surface area (TPSA) is 4.93 Å². The summed E-state index contributed by atoms with van der Waals surface area (Å²) in [5.74, 6) is 0. The van der Waals surface area contributed by atoms with Crippen LogP contribution in [-0.2, 0) is 13.5 Å². The van der Waals surface area contributed by atoms with Gasteiger partial charge in [0.2, 0.25) is 0 Å². The summed E-state index contributed by atoms with van der Waals surface area (Å²) in [4.78, 5) is 0. The van der Waals surface area contributed by atoms with Crippen LogP contribution in [0, 0.1) is 0 Å². The number of hydrogen-bond donors (Lipinski definition) is 0. The molecular formula is C15H12F3N. The largest absolute Gasteiger partial charge is 0.393 e. The van der Waals surface area contributed by atoms with Gasteiger partial charge in [-0.05, 0) is 23.8 Å². The van der Waals surface area contributed by atoms with Crippen molar-refractivity contribution in [2.75, 3.05) is 0 Å². The molecule has 0 aliphatic heterocycles. The molecule has 0 atom stereocenters. The summed E-state index contributed by atoms with van der Waals surface area (Å²) in [6, 6.07) is 12.7. The van der Waals surface area contributed by atoms with E-state index in [9.17, 15) is 13.2 Å². The third-order valence-corrected chi connectivity index (χ3v) is 3.38. The maximum atomic E-state index is 12.5. The first-order valence-electron chi connectivity index (χ1n) is 5.98. The molecule has 0 aliphatic carbocycles. The number of aryl methyl sites for hydroxylation is 1. The molecule has 3 aromatic rings. The van der Waals surface area contributed by atoms with Crippen LogP contribution in [0.1, 0.15) is 5.56 Å². The van der Waals surface area contributed by atoms with E-state index in [1.165, 1.54) is 0 Å². The number of hydrogen-bond acceptors (Lipinski definition) is 0. The van der Waals surface area contributed by atoms with Gasteiger partial charge < -0.3 is 4.57 Å². The molecule has 4 heteroatoms. The van der Waals surface area contributed by atoms with Crippen molar-refractivity contribution in [3.8, 4) is 0 Å². The first-order valence-corrected chi connectivity index (χ1v) is 5.98. The minimum absolute atomic E-state index is 0.302. The number of aromatic nitrogens is 1. The summed E-state index contributed by atoms with van der Waals surface area (Å²) in [6.45, 7) is 0. The van der Waals surface area contributed by atoms with Crippen molar-refractivity contribution in [2.45, 2.75) is 12.6 Å². The highest BCUT2D eigenvalue weighted by Gasteiger charge is 2.27. The van der Waals surface area contributed by atoms with E-state index in [4.69, 9.17) is 0 Å². The van der Waals surface area contributed by atoms with Crippen LogP contribution in [0.15, 0.2) is 42.5 Å². The predicted octanol–water partition coefficient (Wildman–Crippen LogP) is 4.44. The summed E-state index contributed by atoms with van der Waals surface area (Å²) in [7, 11) is 1.92. The molecule has 1 heterocycles. The van der Waals surface area contributed by atoms with Gasteiger partial charge in [0, 0.05) is 28.9 Å². The fraction of sp³-hybridized carbons (Fsp3) is 0.200. The Morgan fingerprint density at radius 2 is 1.63 bits per heavy atom. The predicted molar refractivity (Wildman–Crippen MR) is 70.2 cm³/mol. The molecule has 0 aliphatic rings. The van der Waals surface area contributed by atoms with Gasteiger partial charge in [0.05, 0.1) is 6.42 Å². The molecule has 3 rings (SSSR count). The Kier molecular flexibility index (Phi) is 2.55. The van der Waals surface area contributed by atoms with Gasteiger partial charge in [0.25, 0.3) is 0 Å². The molecule has 0 saturated heterocycles. The van der Waals surface area contributed by atoms with Crippen LogP contribution in [0.5, 0.6) is 0 Å². The summed E-state index contributed by atoms with van der Waals surface area (Å²) < 4.78 is 39.4. The summed E-state index contributed by atoms with van der Waals surface area (Å²) in [5.41, 5.74) is 2.28. The third-order valence-electron chi connectivity index (χ3n) is 3.38. The SMILES string of the molecule is Cn1c2ccccc2c2cc(CC(F)(F)F)ccc21. The lowest BCUT2D eigenvalue weighted by atomic mass is 10.1. The van der Waals surface area contributed by atoms with E-state index in [1.807, 2.05) is 35.9 Å². The maximum absolute atomic E-state index is 12.5. The lowest BCUT2D eigenvalue weighted by Gasteiger charge is -2.06. The van der Waals surface area contributed by atoms with Gasteiger partial charge in [-0.3, -0.25) is 0 Å². The Bertz CT molecular complexity index is 753. The van der Waals surface area contributed by atoms with Crippen LogP contribution in [0.2, 0.25) is 0 Å². The number of rotatable bonds is 1. The number of alkyl halides is 3. The molecule has 0 bridgehead atoms. The minimum Gasteiger partial charge on any atom is -0.344 e. The number of halogens is 3. The number of para-hydroxylation sites is 1. The van der Waals surface area contributed by atoms with Gasteiger partial charge in [-0.1, -0.05) is 24.3 Å². The van der Waals surface area contributed by atoms with Crippen LogP contribution in [0.4, 0.5) is 13.2 Å². The number of nitrogens with zero attached hydrogens (tertiary/aromatic N) is 1. The fourth-order valence-corrected chi connectivity index (χ4v) is 2.56. The first-order chi connectivity index (χ1) is 8.96. The van der Waals surface area contributed by atoms with Gasteiger partial charge >= 0.3 is 6.18 Å². The second kappa shape index (κ2) is 4.02. The van der Waals surface area contributed by atoms with Crippen molar-refractivity contribution in [2.24, 2.45) is 7.05 Å². The van der Waals surface area contributed by atoms with Gasteiger partial charge in [-0.15, -0.1) is 0 Å². The third kappa shape index (κ3) is 2.07. The highest BCUT2D eigenvalue weighted by molar-refractivity contribution is 6.08. The molecule has 0 spiro atoms. The van der Waals surface area contributed by atoms with E-state index < -0.39 is 12.6 Å². The van der Waals surface area contributed by atoms with E-state index >= 15 is 0 Å². The lowest BCUT2D eigenvalue weighted by Crippen LogP contribution is -2.11. The molecule has 0 saturated carbocycles. The molecule has 0 amide bonds. The van der Waals surface area contributed by atoms with Crippen molar-refractivity contribution in [3.63, 3.8) is 0 Å². The van der Waals surface area contributed by atoms with Crippen LogP contribution in [0.25, 0.3) is 21.8 Å². The smallest absolute Gasteiger partial charge is 0.344 e. The summed E-state index contributed by atoms with van der Waals surface area (Å²) >= 11 is 0. The Morgan fingerprint density at radius 1 is 0.947 bits per heavy atom. The van der Waals surface area contributed by atoms with Gasteiger partial charge in [-0.2, -0.15) is 13.2 Å². The normalized spacial score (nSPS) is 12.4. The van der Waals surface area contributed by atoms with E-state index in [2.05, 4.69) is 0 Å². The molecule has 0 radical (unpaired) electrons. The molecule has 98 valence electrons. The van der Waals surface area contributed by atoms with E-state index in [0.29, 0.717) is 5.56 Å². The molecule has 0 N–H and O–H groups in total. The van der Waals surface area contributed by atoms with Crippen molar-refractivity contribution in [3.05, 3.63) is 48.0 Å². The van der Waals surface area contributed by atoms with Gasteiger partial charge in [-0.25, -0.2) is 0 Å². The van der Waals surface area contributed by atoms with Crippen molar-refractivity contribution >= 4 is 21.8 Å². The standard InChI is InChI=1S/C15H12F3N/c1-19-13-5-3-2-4-11(13)12-8-10(6-7-14(12)19)9-15(16,17)18/h2-8H,9H2,1H3. The Morgan fingerprint density at radius 3 is 2.37 bits per heavy atom. The summed E-state index contributed by atoms with van der Waals surface area (Å²) in [6.07, 6.45) is -5.05. The minimum atomic E-state index is -4.17. The van der Waals surface area contributed by atoms with Crippen molar-refractivity contribution in [1.82, 2.24) is 4.57 Å². The Balaban J connectivity index is 2.25. The van der Waals surface area contributed by atoms with Gasteiger partial charge in [0.15, 0.2) is 0 Å². The van der Waals surface area contributed by atoms with Crippen molar-refractivity contribution in [1.29, 1.82) is 0 Å². The lowest BCUT2D eigenvalue weighted by molar-refractivity contribution is -0.127. The van der Waals surface area contributed by atoms with E-state index in [0.717, 1.165) is 21.8 Å².